The molecule has 4 atom stereocenters. The summed E-state index contributed by atoms with van der Waals surface area (Å²) in [7, 11) is 0. The van der Waals surface area contributed by atoms with Gasteiger partial charge in [-0.1, -0.05) is 28.1 Å². The number of carbonyl (C=O) groups is 2. The van der Waals surface area contributed by atoms with Crippen molar-refractivity contribution in [2.45, 2.75) is 37.6 Å². The summed E-state index contributed by atoms with van der Waals surface area (Å²) >= 11 is 3.45. The number of carboxylic acid groups (broad SMARTS) is 1. The Hall–Kier alpha value is -1.36. The largest absolute Gasteiger partial charge is 0.481 e. The molecule has 2 unspecified atom stereocenters. The van der Waals surface area contributed by atoms with Crippen molar-refractivity contribution in [3.63, 3.8) is 0 Å². The van der Waals surface area contributed by atoms with Gasteiger partial charge in [-0.05, 0) is 49.3 Å². The van der Waals surface area contributed by atoms with Crippen LogP contribution in [0.25, 0.3) is 0 Å². The van der Waals surface area contributed by atoms with Crippen LogP contribution in [-0.4, -0.2) is 23.0 Å². The number of amides is 1. The Morgan fingerprint density at radius 3 is 2.71 bits per heavy atom. The summed E-state index contributed by atoms with van der Waals surface area (Å²) in [5.41, 5.74) is 1.19. The van der Waals surface area contributed by atoms with Crippen molar-refractivity contribution in [3.8, 4) is 0 Å². The average Bonchev–Trinajstić information content (AvgIpc) is 3.11. The van der Waals surface area contributed by atoms with E-state index in [0.717, 1.165) is 17.3 Å². The summed E-state index contributed by atoms with van der Waals surface area (Å²) in [6, 6.07) is 8.11. The third-order valence-electron chi connectivity index (χ3n) is 4.53. The highest BCUT2D eigenvalue weighted by atomic mass is 79.9. The van der Waals surface area contributed by atoms with E-state index in [-0.39, 0.29) is 23.8 Å². The van der Waals surface area contributed by atoms with Crippen LogP contribution in [0.4, 0.5) is 0 Å². The number of aliphatic carboxylic acids is 1. The highest BCUT2D eigenvalue weighted by Gasteiger charge is 2.45. The highest BCUT2D eigenvalue weighted by Crippen LogP contribution is 2.48. The predicted molar refractivity (Wildman–Crippen MR) is 81.9 cm³/mol. The van der Waals surface area contributed by atoms with Crippen molar-refractivity contribution in [2.24, 2.45) is 11.8 Å². The van der Waals surface area contributed by atoms with E-state index in [2.05, 4.69) is 33.4 Å². The number of hydrogen-bond donors (Lipinski definition) is 2. The minimum Gasteiger partial charge on any atom is -0.481 e. The van der Waals surface area contributed by atoms with Crippen molar-refractivity contribution < 1.29 is 14.7 Å². The monoisotopic (exact) mass is 351 g/mol. The lowest BCUT2D eigenvalue weighted by atomic mass is 10.1. The lowest BCUT2D eigenvalue weighted by Gasteiger charge is -2.12. The molecule has 0 spiro atoms. The second-order valence-corrected chi connectivity index (χ2v) is 6.97. The fourth-order valence-corrected chi connectivity index (χ4v) is 3.65. The number of nitrogens with one attached hydrogen (secondary N) is 1. The van der Waals surface area contributed by atoms with Crippen LogP contribution in [0, 0.1) is 11.8 Å². The van der Waals surface area contributed by atoms with Gasteiger partial charge in [0.1, 0.15) is 0 Å². The molecule has 2 saturated carbocycles. The molecule has 112 valence electrons. The molecule has 2 aliphatic carbocycles. The minimum atomic E-state index is -0.745. The molecule has 0 aromatic heterocycles. The van der Waals surface area contributed by atoms with E-state index in [0.29, 0.717) is 18.8 Å². The maximum atomic E-state index is 12.2. The Morgan fingerprint density at radius 2 is 2.05 bits per heavy atom. The second kappa shape index (κ2) is 5.79. The first-order valence-corrected chi connectivity index (χ1v) is 8.12. The zero-order chi connectivity index (χ0) is 15.0. The van der Waals surface area contributed by atoms with Gasteiger partial charge in [-0.25, -0.2) is 0 Å². The first kappa shape index (κ1) is 14.6. The fourth-order valence-electron chi connectivity index (χ4n) is 3.24. The first-order valence-electron chi connectivity index (χ1n) is 7.33. The Morgan fingerprint density at radius 1 is 1.24 bits per heavy atom. The molecule has 0 heterocycles. The Labute approximate surface area is 132 Å². The molecule has 2 aliphatic rings. The summed E-state index contributed by atoms with van der Waals surface area (Å²) in [5.74, 6) is -0.612. The molecule has 21 heavy (non-hydrogen) atoms. The Balaban J connectivity index is 1.53. The molecule has 3 rings (SSSR count). The number of benzene rings is 1. The highest BCUT2D eigenvalue weighted by molar-refractivity contribution is 9.10. The molecule has 0 aliphatic heterocycles. The minimum absolute atomic E-state index is 0.0300. The van der Waals surface area contributed by atoms with Gasteiger partial charge in [0.2, 0.25) is 5.91 Å². The van der Waals surface area contributed by atoms with Crippen molar-refractivity contribution in [1.29, 1.82) is 0 Å². The summed E-state index contributed by atoms with van der Waals surface area (Å²) < 4.78 is 1.03. The molecule has 2 fully saturated rings. The first-order chi connectivity index (χ1) is 10.0. The van der Waals surface area contributed by atoms with Crippen LogP contribution in [0.2, 0.25) is 0 Å². The van der Waals surface area contributed by atoms with Crippen LogP contribution in [0.3, 0.4) is 0 Å². The molecular formula is C16H18BrNO3. The maximum Gasteiger partial charge on any atom is 0.306 e. The molecule has 0 bridgehead atoms. The lowest BCUT2D eigenvalue weighted by molar-refractivity contribution is -0.141. The van der Waals surface area contributed by atoms with Gasteiger partial charge >= 0.3 is 5.97 Å². The van der Waals surface area contributed by atoms with E-state index >= 15 is 0 Å². The second-order valence-electron chi connectivity index (χ2n) is 6.06. The molecular weight excluding hydrogens is 334 g/mol. The van der Waals surface area contributed by atoms with E-state index in [1.54, 1.807) is 0 Å². The normalized spacial score (nSPS) is 30.9. The van der Waals surface area contributed by atoms with E-state index in [1.807, 2.05) is 12.1 Å². The summed E-state index contributed by atoms with van der Waals surface area (Å²) in [5, 5.41) is 12.0. The smallest absolute Gasteiger partial charge is 0.306 e. The summed E-state index contributed by atoms with van der Waals surface area (Å²) in [4.78, 5) is 23.2. The number of halogens is 1. The van der Waals surface area contributed by atoms with Gasteiger partial charge in [0.05, 0.1) is 5.92 Å². The van der Waals surface area contributed by atoms with Crippen molar-refractivity contribution in [3.05, 3.63) is 34.3 Å². The summed E-state index contributed by atoms with van der Waals surface area (Å²) in [6.45, 7) is 0. The summed E-state index contributed by atoms with van der Waals surface area (Å²) in [6.07, 6.45) is 2.89. The van der Waals surface area contributed by atoms with Crippen LogP contribution >= 0.6 is 15.9 Å². The number of carbonyl (C=O) groups excluding carboxylic acids is 1. The van der Waals surface area contributed by atoms with Gasteiger partial charge in [-0.2, -0.15) is 0 Å². The molecule has 4 nitrogen and oxygen atoms in total. The van der Waals surface area contributed by atoms with Gasteiger partial charge in [0.15, 0.2) is 0 Å². The van der Waals surface area contributed by atoms with Gasteiger partial charge in [-0.15, -0.1) is 0 Å². The fraction of sp³-hybridized carbons (Fsp3) is 0.500. The average molecular weight is 352 g/mol. The molecule has 5 heteroatoms. The van der Waals surface area contributed by atoms with E-state index in [4.69, 9.17) is 5.11 Å². The van der Waals surface area contributed by atoms with E-state index in [9.17, 15) is 9.59 Å². The maximum absolute atomic E-state index is 12.2. The van der Waals surface area contributed by atoms with Crippen molar-refractivity contribution >= 4 is 27.8 Å². The predicted octanol–water partition coefficient (Wildman–Crippen LogP) is 2.92. The SMILES string of the molecule is O=C(N[C@@H]1CC[C@H](C(=O)O)C1)C1CC1c1cccc(Br)c1. The third kappa shape index (κ3) is 3.28. The lowest BCUT2D eigenvalue weighted by Crippen LogP contribution is -2.34. The zero-order valence-electron chi connectivity index (χ0n) is 11.6. The van der Waals surface area contributed by atoms with Crippen LogP contribution in [0.5, 0.6) is 0 Å². The van der Waals surface area contributed by atoms with Gasteiger partial charge in [0, 0.05) is 16.4 Å². The van der Waals surface area contributed by atoms with Crippen molar-refractivity contribution in [1.82, 2.24) is 5.32 Å². The zero-order valence-corrected chi connectivity index (χ0v) is 13.2. The van der Waals surface area contributed by atoms with Crippen molar-refractivity contribution in [2.75, 3.05) is 0 Å². The van der Waals surface area contributed by atoms with Gasteiger partial charge in [-0.3, -0.25) is 9.59 Å². The Kier molecular flexibility index (Phi) is 4.02. The van der Waals surface area contributed by atoms with Gasteiger partial charge < -0.3 is 10.4 Å². The van der Waals surface area contributed by atoms with E-state index < -0.39 is 5.97 Å². The molecule has 1 aromatic rings. The number of carboxylic acids is 1. The molecule has 1 aromatic carbocycles. The van der Waals surface area contributed by atoms with Crippen LogP contribution in [-0.2, 0) is 9.59 Å². The number of hydrogen-bond acceptors (Lipinski definition) is 2. The van der Waals surface area contributed by atoms with Gasteiger partial charge in [0.25, 0.3) is 0 Å². The molecule has 0 saturated heterocycles. The standard InChI is InChI=1S/C16H18BrNO3/c17-11-3-1-2-9(6-11)13-8-14(13)15(19)18-12-5-4-10(7-12)16(20)21/h1-3,6,10,12-14H,4-5,7-8H2,(H,18,19)(H,20,21)/t10-,12+,13?,14?/m0/s1. The van der Waals surface area contributed by atoms with Crippen LogP contribution in [0.15, 0.2) is 28.7 Å². The van der Waals surface area contributed by atoms with Crippen LogP contribution in [0.1, 0.15) is 37.2 Å². The third-order valence-corrected chi connectivity index (χ3v) is 5.03. The Bertz CT molecular complexity index is 574. The molecule has 0 radical (unpaired) electrons. The van der Waals surface area contributed by atoms with E-state index in [1.165, 1.54) is 5.56 Å². The molecule has 1 amide bonds. The molecule has 2 N–H and O–H groups in total. The number of rotatable bonds is 4. The topological polar surface area (TPSA) is 66.4 Å². The quantitative estimate of drug-likeness (QED) is 0.876. The van der Waals surface area contributed by atoms with Crippen LogP contribution < -0.4 is 5.32 Å².